The Balaban J connectivity index is 1.66. The third kappa shape index (κ3) is 5.98. The Bertz CT molecular complexity index is 1320. The number of amides is 2. The molecule has 0 saturated heterocycles. The van der Waals surface area contributed by atoms with Crippen molar-refractivity contribution in [2.75, 3.05) is 33.9 Å². The number of carbonyl (C=O) groups is 2. The molecule has 192 valence electrons. The number of hydrogen-bond donors (Lipinski definition) is 0. The molecular formula is C28H27ClFN3O4. The predicted octanol–water partition coefficient (Wildman–Crippen LogP) is 4.95. The number of hydrogen-bond acceptors (Lipinski definition) is 5. The second-order valence-corrected chi connectivity index (χ2v) is 8.86. The smallest absolute Gasteiger partial charge is 0.262 e. The molecule has 0 saturated carbocycles. The minimum Gasteiger partial charge on any atom is -0.497 e. The van der Waals surface area contributed by atoms with Crippen LogP contribution in [-0.2, 0) is 9.53 Å². The van der Waals surface area contributed by atoms with Gasteiger partial charge in [-0.25, -0.2) is 9.40 Å². The van der Waals surface area contributed by atoms with Gasteiger partial charge in [0, 0.05) is 30.7 Å². The molecule has 1 aliphatic rings. The topological polar surface area (TPSA) is 71.4 Å². The Kier molecular flexibility index (Phi) is 8.53. The van der Waals surface area contributed by atoms with Crippen LogP contribution in [-0.4, -0.2) is 61.4 Å². The van der Waals surface area contributed by atoms with E-state index in [1.807, 2.05) is 42.5 Å². The van der Waals surface area contributed by atoms with Crippen LogP contribution >= 0.6 is 11.6 Å². The summed E-state index contributed by atoms with van der Waals surface area (Å²) in [6, 6.07) is 19.9. The van der Waals surface area contributed by atoms with Crippen molar-refractivity contribution < 1.29 is 23.5 Å². The molecule has 1 heterocycles. The molecule has 0 fully saturated rings. The lowest BCUT2D eigenvalue weighted by molar-refractivity contribution is -0.133. The van der Waals surface area contributed by atoms with Gasteiger partial charge in [0.25, 0.3) is 11.8 Å². The average molecular weight is 524 g/mol. The first-order valence-corrected chi connectivity index (χ1v) is 12.1. The van der Waals surface area contributed by atoms with Crippen LogP contribution in [0.5, 0.6) is 5.75 Å². The van der Waals surface area contributed by atoms with E-state index in [2.05, 4.69) is 5.10 Å². The third-order valence-corrected chi connectivity index (χ3v) is 6.46. The summed E-state index contributed by atoms with van der Waals surface area (Å²) in [7, 11) is 3.07. The maximum atomic E-state index is 14.4. The molecule has 1 atom stereocenters. The van der Waals surface area contributed by atoms with Crippen molar-refractivity contribution in [3.05, 3.63) is 100 Å². The van der Waals surface area contributed by atoms with E-state index in [4.69, 9.17) is 21.1 Å². The summed E-state index contributed by atoms with van der Waals surface area (Å²) in [6.45, 7) is -0.0292. The lowest BCUT2D eigenvalue weighted by Crippen LogP contribution is -2.43. The molecule has 3 aromatic carbocycles. The highest BCUT2D eigenvalue weighted by molar-refractivity contribution is 6.31. The Hall–Kier alpha value is -3.75. The van der Waals surface area contributed by atoms with Gasteiger partial charge < -0.3 is 14.4 Å². The molecular weight excluding hydrogens is 497 g/mol. The molecule has 1 aliphatic heterocycles. The van der Waals surface area contributed by atoms with Crippen LogP contribution in [0.15, 0.2) is 77.9 Å². The number of methoxy groups -OCH3 is 2. The monoisotopic (exact) mass is 523 g/mol. The van der Waals surface area contributed by atoms with Crippen molar-refractivity contribution >= 4 is 29.1 Å². The Morgan fingerprint density at radius 2 is 1.84 bits per heavy atom. The van der Waals surface area contributed by atoms with Crippen molar-refractivity contribution in [3.63, 3.8) is 0 Å². The van der Waals surface area contributed by atoms with Crippen molar-refractivity contribution in [1.29, 1.82) is 0 Å². The van der Waals surface area contributed by atoms with Crippen LogP contribution in [0.2, 0.25) is 5.02 Å². The molecule has 0 N–H and O–H groups in total. The Morgan fingerprint density at radius 1 is 1.08 bits per heavy atom. The molecule has 0 bridgehead atoms. The first-order valence-electron chi connectivity index (χ1n) is 11.7. The highest BCUT2D eigenvalue weighted by Gasteiger charge is 2.35. The van der Waals surface area contributed by atoms with E-state index in [0.717, 1.165) is 11.1 Å². The molecule has 1 unspecified atom stereocenters. The maximum Gasteiger partial charge on any atom is 0.262 e. The van der Waals surface area contributed by atoms with Gasteiger partial charge in [0.15, 0.2) is 0 Å². The van der Waals surface area contributed by atoms with E-state index in [1.54, 1.807) is 19.2 Å². The maximum absolute atomic E-state index is 14.4. The van der Waals surface area contributed by atoms with Crippen molar-refractivity contribution in [2.45, 2.75) is 12.5 Å². The number of nitrogens with zero attached hydrogens (tertiary/aromatic N) is 3. The molecule has 4 rings (SSSR count). The van der Waals surface area contributed by atoms with E-state index in [9.17, 15) is 14.0 Å². The summed E-state index contributed by atoms with van der Waals surface area (Å²) in [6.07, 6.45) is 0.419. The summed E-state index contributed by atoms with van der Waals surface area (Å²) < 4.78 is 24.8. The largest absolute Gasteiger partial charge is 0.497 e. The SMILES string of the molecule is COCCN(CC(=O)N1N=C(c2cccc(OC)c2)CC1c1ccccc1Cl)C(=O)c1ccccc1F. The van der Waals surface area contributed by atoms with Gasteiger partial charge in [-0.1, -0.05) is 54.1 Å². The summed E-state index contributed by atoms with van der Waals surface area (Å²) in [5, 5.41) is 6.53. The number of carbonyl (C=O) groups excluding carboxylic acids is 2. The van der Waals surface area contributed by atoms with E-state index in [-0.39, 0.29) is 25.3 Å². The zero-order valence-corrected chi connectivity index (χ0v) is 21.3. The van der Waals surface area contributed by atoms with E-state index in [0.29, 0.717) is 22.9 Å². The second-order valence-electron chi connectivity index (χ2n) is 8.46. The van der Waals surface area contributed by atoms with Gasteiger partial charge in [-0.05, 0) is 35.9 Å². The van der Waals surface area contributed by atoms with Crippen molar-refractivity contribution in [3.8, 4) is 5.75 Å². The van der Waals surface area contributed by atoms with Gasteiger partial charge >= 0.3 is 0 Å². The minimum atomic E-state index is -0.657. The van der Waals surface area contributed by atoms with Crippen molar-refractivity contribution in [2.24, 2.45) is 5.10 Å². The second kappa shape index (κ2) is 12.0. The number of ether oxygens (including phenoxy) is 2. The van der Waals surface area contributed by atoms with E-state index in [1.165, 1.54) is 35.2 Å². The molecule has 37 heavy (non-hydrogen) atoms. The molecule has 0 radical (unpaired) electrons. The summed E-state index contributed by atoms with van der Waals surface area (Å²) >= 11 is 6.51. The van der Waals surface area contributed by atoms with Crippen molar-refractivity contribution in [1.82, 2.24) is 9.91 Å². The zero-order valence-electron chi connectivity index (χ0n) is 20.6. The van der Waals surface area contributed by atoms with Crippen LogP contribution in [0.4, 0.5) is 4.39 Å². The first kappa shape index (κ1) is 26.3. The average Bonchev–Trinajstić information content (AvgIpc) is 3.36. The minimum absolute atomic E-state index is 0.104. The fourth-order valence-electron chi connectivity index (χ4n) is 4.20. The molecule has 2 amide bonds. The normalized spacial score (nSPS) is 14.9. The number of hydrazone groups is 1. The zero-order chi connectivity index (χ0) is 26.4. The van der Waals surface area contributed by atoms with Gasteiger partial charge in [-0.15, -0.1) is 0 Å². The van der Waals surface area contributed by atoms with E-state index >= 15 is 0 Å². The molecule has 7 nitrogen and oxygen atoms in total. The van der Waals surface area contributed by atoms with Crippen LogP contribution in [0.3, 0.4) is 0 Å². The van der Waals surface area contributed by atoms with Crippen LogP contribution in [0.1, 0.15) is 33.9 Å². The number of rotatable bonds is 9. The van der Waals surface area contributed by atoms with Gasteiger partial charge in [0.2, 0.25) is 0 Å². The summed E-state index contributed by atoms with van der Waals surface area (Å²) in [5.41, 5.74) is 2.12. The fraction of sp³-hybridized carbons (Fsp3) is 0.250. The van der Waals surface area contributed by atoms with E-state index < -0.39 is 23.7 Å². The predicted molar refractivity (Wildman–Crippen MR) is 139 cm³/mol. The van der Waals surface area contributed by atoms with Crippen LogP contribution in [0.25, 0.3) is 0 Å². The number of benzene rings is 3. The molecule has 9 heteroatoms. The van der Waals surface area contributed by atoms with Gasteiger partial charge in [-0.2, -0.15) is 5.10 Å². The Labute approximate surface area is 220 Å². The third-order valence-electron chi connectivity index (χ3n) is 6.12. The Morgan fingerprint density at radius 3 is 2.57 bits per heavy atom. The molecule has 0 aliphatic carbocycles. The highest BCUT2D eigenvalue weighted by Crippen LogP contribution is 2.36. The lowest BCUT2D eigenvalue weighted by Gasteiger charge is -2.27. The first-order chi connectivity index (χ1) is 17.9. The van der Waals surface area contributed by atoms with Gasteiger partial charge in [-0.3, -0.25) is 9.59 Å². The molecule has 3 aromatic rings. The quantitative estimate of drug-likeness (QED) is 0.398. The summed E-state index contributed by atoms with van der Waals surface area (Å²) in [4.78, 5) is 28.1. The van der Waals surface area contributed by atoms with Crippen LogP contribution in [0, 0.1) is 5.82 Å². The lowest BCUT2D eigenvalue weighted by atomic mass is 9.98. The number of halogens is 2. The molecule has 0 spiro atoms. The highest BCUT2D eigenvalue weighted by atomic mass is 35.5. The molecule has 0 aromatic heterocycles. The summed E-state index contributed by atoms with van der Waals surface area (Å²) in [5.74, 6) is -1.02. The van der Waals surface area contributed by atoms with Gasteiger partial charge in [0.05, 0.1) is 31.0 Å². The standard InChI is InChI=1S/C28H27ClFN3O4/c1-36-15-14-32(28(35)22-11-4-6-13-24(22)30)18-27(34)33-26(21-10-3-5-12-23(21)29)17-25(31-33)19-8-7-9-20(16-19)37-2/h3-13,16,26H,14-15,17-18H2,1-2H3. The fourth-order valence-corrected chi connectivity index (χ4v) is 4.46. The van der Waals surface area contributed by atoms with Crippen LogP contribution < -0.4 is 4.74 Å². The van der Waals surface area contributed by atoms with Gasteiger partial charge in [0.1, 0.15) is 18.1 Å².